The molecule has 2 aromatic carbocycles. The van der Waals surface area contributed by atoms with Crippen LogP contribution in [0.5, 0.6) is 5.75 Å². The van der Waals surface area contributed by atoms with Crippen molar-refractivity contribution >= 4 is 26.7 Å². The number of sulfone groups is 1. The van der Waals surface area contributed by atoms with Crippen LogP contribution < -0.4 is 10.1 Å². The molecule has 0 aliphatic carbocycles. The first-order chi connectivity index (χ1) is 15.6. The third kappa shape index (κ3) is 5.14. The third-order valence-electron chi connectivity index (χ3n) is 4.60. The minimum atomic E-state index is -4.87. The van der Waals surface area contributed by atoms with Gasteiger partial charge in [-0.25, -0.2) is 8.42 Å². The second-order valence-corrected chi connectivity index (χ2v) is 8.82. The summed E-state index contributed by atoms with van der Waals surface area (Å²) in [6.07, 6.45) is -1.78. The van der Waals surface area contributed by atoms with Crippen LogP contribution in [0.1, 0.15) is 16.1 Å². The molecule has 2 heterocycles. The Morgan fingerprint density at radius 2 is 1.64 bits per heavy atom. The Hall–Kier alpha value is -3.86. The second kappa shape index (κ2) is 8.58. The number of aromatic nitrogens is 1. The number of fused-ring (bicyclic) bond motifs is 1. The number of furan rings is 1. The summed E-state index contributed by atoms with van der Waals surface area (Å²) in [6, 6.07) is 13.0. The van der Waals surface area contributed by atoms with Gasteiger partial charge in [-0.1, -0.05) is 12.1 Å². The summed E-state index contributed by atoms with van der Waals surface area (Å²) in [5.74, 6) is -0.840. The van der Waals surface area contributed by atoms with E-state index in [9.17, 15) is 26.4 Å². The average molecular weight is 476 g/mol. The van der Waals surface area contributed by atoms with Crippen LogP contribution in [0.3, 0.4) is 0 Å². The number of halogens is 3. The highest BCUT2D eigenvalue weighted by Crippen LogP contribution is 2.27. The minimum absolute atomic E-state index is 0.0492. The van der Waals surface area contributed by atoms with Gasteiger partial charge in [-0.05, 0) is 54.1 Å². The molecule has 0 fully saturated rings. The topological polar surface area (TPSA) is 98.5 Å². The summed E-state index contributed by atoms with van der Waals surface area (Å²) in [5, 5.41) is 3.42. The zero-order valence-corrected chi connectivity index (χ0v) is 17.5. The molecular formula is C22H15F3N2O5S. The summed E-state index contributed by atoms with van der Waals surface area (Å²) in [5.41, 5.74) is 1.12. The van der Waals surface area contributed by atoms with Crippen molar-refractivity contribution < 1.29 is 35.5 Å². The van der Waals surface area contributed by atoms with Gasteiger partial charge in [0.2, 0.25) is 9.84 Å². The highest BCUT2D eigenvalue weighted by Gasteiger charge is 2.31. The lowest BCUT2D eigenvalue weighted by atomic mass is 10.2. The monoisotopic (exact) mass is 476 g/mol. The fourth-order valence-corrected chi connectivity index (χ4v) is 4.27. The predicted octanol–water partition coefficient (Wildman–Crippen LogP) is 4.49. The maximum atomic E-state index is 12.7. The lowest BCUT2D eigenvalue weighted by Crippen LogP contribution is -2.22. The number of hydrogen-bond donors (Lipinski definition) is 1. The van der Waals surface area contributed by atoms with E-state index in [0.29, 0.717) is 11.1 Å². The zero-order chi connectivity index (χ0) is 23.6. The number of alkyl halides is 3. The maximum absolute atomic E-state index is 12.7. The Morgan fingerprint density at radius 1 is 1.00 bits per heavy atom. The first-order valence-electron chi connectivity index (χ1n) is 9.43. The van der Waals surface area contributed by atoms with E-state index in [1.54, 1.807) is 18.3 Å². The SMILES string of the molecule is O=C(NCc1ccc(S(=O)(=O)c2ccc(OC(F)(F)F)cc2)cc1)c1cc2ccncc2o1. The number of carbonyl (C=O) groups excluding carboxylic acids is 1. The number of pyridine rings is 1. The van der Waals surface area contributed by atoms with Gasteiger partial charge in [-0.15, -0.1) is 13.2 Å². The molecule has 0 radical (unpaired) electrons. The number of amides is 1. The molecule has 0 atom stereocenters. The lowest BCUT2D eigenvalue weighted by Gasteiger charge is -2.10. The summed E-state index contributed by atoms with van der Waals surface area (Å²) < 4.78 is 71.4. The van der Waals surface area contributed by atoms with E-state index in [0.717, 1.165) is 29.7 Å². The van der Waals surface area contributed by atoms with Gasteiger partial charge in [0, 0.05) is 18.1 Å². The molecule has 4 rings (SSSR count). The molecule has 0 aliphatic rings. The fraction of sp³-hybridized carbons (Fsp3) is 0.0909. The molecule has 2 aromatic heterocycles. The molecule has 0 saturated heterocycles. The molecule has 170 valence electrons. The largest absolute Gasteiger partial charge is 0.573 e. The molecule has 1 N–H and O–H groups in total. The second-order valence-electron chi connectivity index (χ2n) is 6.87. The smallest absolute Gasteiger partial charge is 0.449 e. The highest BCUT2D eigenvalue weighted by molar-refractivity contribution is 7.91. The lowest BCUT2D eigenvalue weighted by molar-refractivity contribution is -0.274. The van der Waals surface area contributed by atoms with Crippen molar-refractivity contribution in [2.75, 3.05) is 0 Å². The number of hydrogen-bond acceptors (Lipinski definition) is 6. The van der Waals surface area contributed by atoms with E-state index in [2.05, 4.69) is 15.0 Å². The van der Waals surface area contributed by atoms with Crippen molar-refractivity contribution in [2.24, 2.45) is 0 Å². The summed E-state index contributed by atoms with van der Waals surface area (Å²) in [7, 11) is -3.95. The van der Waals surface area contributed by atoms with Crippen LogP contribution in [0.4, 0.5) is 13.2 Å². The minimum Gasteiger partial charge on any atom is -0.449 e. The van der Waals surface area contributed by atoms with Gasteiger partial charge in [0.1, 0.15) is 5.75 Å². The van der Waals surface area contributed by atoms with Gasteiger partial charge in [0.15, 0.2) is 11.3 Å². The first kappa shape index (κ1) is 22.3. The van der Waals surface area contributed by atoms with Crippen LogP contribution in [0, 0.1) is 0 Å². The Kier molecular flexibility index (Phi) is 5.81. The Bertz CT molecular complexity index is 1360. The Labute approximate surface area is 185 Å². The quantitative estimate of drug-likeness (QED) is 0.440. The van der Waals surface area contributed by atoms with Crippen LogP contribution in [0.25, 0.3) is 11.0 Å². The Morgan fingerprint density at radius 3 is 2.24 bits per heavy atom. The van der Waals surface area contributed by atoms with Crippen LogP contribution in [0.15, 0.2) is 87.3 Å². The summed E-state index contributed by atoms with van der Waals surface area (Å²) in [6.45, 7) is 0.123. The van der Waals surface area contributed by atoms with Crippen molar-refractivity contribution in [3.63, 3.8) is 0 Å². The Balaban J connectivity index is 1.42. The molecule has 11 heteroatoms. The average Bonchev–Trinajstić information content (AvgIpc) is 3.21. The van der Waals surface area contributed by atoms with E-state index in [-0.39, 0.29) is 22.1 Å². The number of benzene rings is 2. The van der Waals surface area contributed by atoms with Gasteiger partial charge in [-0.2, -0.15) is 0 Å². The highest BCUT2D eigenvalue weighted by atomic mass is 32.2. The van der Waals surface area contributed by atoms with E-state index >= 15 is 0 Å². The standard InChI is InChI=1S/C22H15F3N2O5S/c23-22(24,25)32-16-3-7-18(8-4-16)33(29,30)17-5-1-14(2-6-17)12-27-21(28)19-11-15-9-10-26-13-20(15)31-19/h1-11,13H,12H2,(H,27,28). The number of nitrogens with one attached hydrogen (secondary N) is 1. The van der Waals surface area contributed by atoms with Crippen LogP contribution >= 0.6 is 0 Å². The predicted molar refractivity (Wildman–Crippen MR) is 110 cm³/mol. The molecule has 33 heavy (non-hydrogen) atoms. The maximum Gasteiger partial charge on any atom is 0.573 e. The normalized spacial score (nSPS) is 12.0. The van der Waals surface area contributed by atoms with Gasteiger partial charge in [0.25, 0.3) is 5.91 Å². The van der Waals surface area contributed by atoms with Crippen molar-refractivity contribution in [2.45, 2.75) is 22.7 Å². The van der Waals surface area contributed by atoms with Crippen LogP contribution in [-0.2, 0) is 16.4 Å². The van der Waals surface area contributed by atoms with Crippen LogP contribution in [-0.4, -0.2) is 25.7 Å². The van der Waals surface area contributed by atoms with E-state index in [1.807, 2.05) is 0 Å². The fourth-order valence-electron chi connectivity index (χ4n) is 3.01. The van der Waals surface area contributed by atoms with Crippen molar-refractivity contribution in [3.8, 4) is 5.75 Å². The number of nitrogens with zero attached hydrogens (tertiary/aromatic N) is 1. The number of ether oxygens (including phenoxy) is 1. The third-order valence-corrected chi connectivity index (χ3v) is 6.39. The number of carbonyl (C=O) groups is 1. The van der Waals surface area contributed by atoms with Crippen molar-refractivity contribution in [1.82, 2.24) is 10.3 Å². The van der Waals surface area contributed by atoms with Crippen molar-refractivity contribution in [1.29, 1.82) is 0 Å². The molecule has 0 bridgehead atoms. The summed E-state index contributed by atoms with van der Waals surface area (Å²) >= 11 is 0. The van der Waals surface area contributed by atoms with E-state index in [1.165, 1.54) is 30.5 Å². The van der Waals surface area contributed by atoms with Gasteiger partial charge in [0.05, 0.1) is 16.0 Å². The molecule has 0 unspecified atom stereocenters. The molecule has 0 saturated carbocycles. The molecule has 1 amide bonds. The molecule has 4 aromatic rings. The van der Waals surface area contributed by atoms with Gasteiger partial charge >= 0.3 is 6.36 Å². The van der Waals surface area contributed by atoms with E-state index in [4.69, 9.17) is 4.42 Å². The first-order valence-corrected chi connectivity index (χ1v) is 10.9. The molecular weight excluding hydrogens is 461 g/mol. The molecule has 0 spiro atoms. The zero-order valence-electron chi connectivity index (χ0n) is 16.7. The number of rotatable bonds is 6. The van der Waals surface area contributed by atoms with Crippen molar-refractivity contribution in [3.05, 3.63) is 84.4 Å². The molecule has 7 nitrogen and oxygen atoms in total. The van der Waals surface area contributed by atoms with Gasteiger partial charge in [-0.3, -0.25) is 9.78 Å². The van der Waals surface area contributed by atoms with Gasteiger partial charge < -0.3 is 14.5 Å². The summed E-state index contributed by atoms with van der Waals surface area (Å²) in [4.78, 5) is 16.0. The molecule has 0 aliphatic heterocycles. The van der Waals surface area contributed by atoms with Crippen LogP contribution in [0.2, 0.25) is 0 Å². The van der Waals surface area contributed by atoms with E-state index < -0.39 is 27.9 Å².